The van der Waals surface area contributed by atoms with E-state index in [1.54, 1.807) is 12.1 Å². The fourth-order valence-electron chi connectivity index (χ4n) is 2.40. The van der Waals surface area contributed by atoms with Gasteiger partial charge in [0, 0.05) is 5.88 Å². The molecule has 0 heterocycles. The summed E-state index contributed by atoms with van der Waals surface area (Å²) in [6.07, 6.45) is 3.76. The number of halogens is 1. The fraction of sp³-hybridized carbons (Fsp3) is 0.571. The number of alkyl halides is 1. The molecule has 1 aromatic rings. The first-order valence-electron chi connectivity index (χ1n) is 6.69. The smallest absolute Gasteiger partial charge is 0.180 e. The van der Waals surface area contributed by atoms with Crippen molar-refractivity contribution in [2.75, 3.05) is 16.9 Å². The first kappa shape index (κ1) is 14.7. The van der Waals surface area contributed by atoms with Gasteiger partial charge in [0.15, 0.2) is 9.84 Å². The molecular weight excluding hydrogens is 282 g/mol. The van der Waals surface area contributed by atoms with Crippen LogP contribution in [0.5, 0.6) is 0 Å². The number of anilines is 1. The van der Waals surface area contributed by atoms with Crippen molar-refractivity contribution < 1.29 is 8.42 Å². The van der Waals surface area contributed by atoms with Gasteiger partial charge in [-0.05, 0) is 37.8 Å². The Hall–Kier alpha value is -0.740. The molecule has 1 fully saturated rings. The maximum Gasteiger partial charge on any atom is 0.180 e. The van der Waals surface area contributed by atoms with Gasteiger partial charge >= 0.3 is 0 Å². The van der Waals surface area contributed by atoms with Crippen LogP contribution in [-0.4, -0.2) is 25.6 Å². The lowest BCUT2D eigenvalue weighted by atomic mass is 9.78. The second kappa shape index (κ2) is 5.71. The summed E-state index contributed by atoms with van der Waals surface area (Å²) in [6, 6.07) is 7.12. The molecule has 0 atom stereocenters. The highest BCUT2D eigenvalue weighted by molar-refractivity contribution is 7.91. The van der Waals surface area contributed by atoms with E-state index >= 15 is 0 Å². The van der Waals surface area contributed by atoms with Crippen molar-refractivity contribution in [3.63, 3.8) is 0 Å². The highest BCUT2D eigenvalue weighted by Gasteiger charge is 2.37. The minimum atomic E-state index is -3.21. The normalized spacial score (nSPS) is 17.8. The number of hydrogen-bond acceptors (Lipinski definition) is 3. The zero-order valence-corrected chi connectivity index (χ0v) is 12.7. The Bertz CT molecular complexity index is 533. The third kappa shape index (κ3) is 3.06. The number of para-hydroxylation sites is 1. The van der Waals surface area contributed by atoms with Crippen LogP contribution in [0.25, 0.3) is 0 Å². The molecule has 0 aromatic heterocycles. The number of rotatable bonds is 6. The minimum absolute atomic E-state index is 0.126. The van der Waals surface area contributed by atoms with Crippen LogP contribution in [0, 0.1) is 0 Å². The topological polar surface area (TPSA) is 46.2 Å². The Morgan fingerprint density at radius 2 is 2.00 bits per heavy atom. The van der Waals surface area contributed by atoms with Crippen LogP contribution in [0.2, 0.25) is 0 Å². The average Bonchev–Trinajstić information content (AvgIpc) is 2.34. The Labute approximate surface area is 120 Å². The summed E-state index contributed by atoms with van der Waals surface area (Å²) in [5.41, 5.74) is 0.565. The molecule has 0 radical (unpaired) electrons. The highest BCUT2D eigenvalue weighted by atomic mass is 35.5. The van der Waals surface area contributed by atoms with E-state index in [1.165, 1.54) is 0 Å². The summed E-state index contributed by atoms with van der Waals surface area (Å²) < 4.78 is 24.5. The second-order valence-corrected chi connectivity index (χ2v) is 7.55. The van der Waals surface area contributed by atoms with Gasteiger partial charge in [-0.25, -0.2) is 8.42 Å². The second-order valence-electron chi connectivity index (χ2n) is 5.21. The molecule has 0 amide bonds. The van der Waals surface area contributed by atoms with Crippen LogP contribution in [0.15, 0.2) is 29.2 Å². The van der Waals surface area contributed by atoms with E-state index in [0.717, 1.165) is 19.3 Å². The van der Waals surface area contributed by atoms with E-state index in [0.29, 0.717) is 22.9 Å². The monoisotopic (exact) mass is 301 g/mol. The molecule has 1 saturated carbocycles. The number of benzene rings is 1. The summed E-state index contributed by atoms with van der Waals surface area (Å²) in [5.74, 6) is 0.689. The molecule has 3 nitrogen and oxygen atoms in total. The van der Waals surface area contributed by atoms with Crippen LogP contribution < -0.4 is 5.32 Å². The van der Waals surface area contributed by atoms with E-state index in [2.05, 4.69) is 5.32 Å². The lowest BCUT2D eigenvalue weighted by Crippen LogP contribution is -2.47. The van der Waals surface area contributed by atoms with Crippen LogP contribution in [-0.2, 0) is 9.84 Å². The molecule has 1 N–H and O–H groups in total. The quantitative estimate of drug-likeness (QED) is 0.819. The molecule has 19 heavy (non-hydrogen) atoms. The molecule has 0 aliphatic heterocycles. The molecule has 0 unspecified atom stereocenters. The van der Waals surface area contributed by atoms with E-state index < -0.39 is 9.84 Å². The summed E-state index contributed by atoms with van der Waals surface area (Å²) >= 11 is 6.03. The third-order valence-corrected chi connectivity index (χ3v) is 6.14. The predicted molar refractivity (Wildman–Crippen MR) is 79.7 cm³/mol. The highest BCUT2D eigenvalue weighted by Crippen LogP contribution is 2.38. The van der Waals surface area contributed by atoms with Crippen LogP contribution in [0.4, 0.5) is 5.69 Å². The van der Waals surface area contributed by atoms with Crippen LogP contribution in [0.1, 0.15) is 32.6 Å². The third-order valence-electron chi connectivity index (χ3n) is 3.66. The van der Waals surface area contributed by atoms with Gasteiger partial charge < -0.3 is 5.32 Å². The van der Waals surface area contributed by atoms with Crippen molar-refractivity contribution in [1.29, 1.82) is 0 Å². The molecule has 1 aliphatic carbocycles. The van der Waals surface area contributed by atoms with Crippen molar-refractivity contribution in [2.45, 2.75) is 43.0 Å². The summed E-state index contributed by atoms with van der Waals surface area (Å²) in [5, 5.41) is 3.36. The summed E-state index contributed by atoms with van der Waals surface area (Å²) in [7, 11) is -3.21. The molecule has 0 spiro atoms. The van der Waals surface area contributed by atoms with Crippen molar-refractivity contribution in [3.8, 4) is 0 Å². The van der Waals surface area contributed by atoms with Crippen molar-refractivity contribution in [3.05, 3.63) is 24.3 Å². The molecule has 1 aromatic carbocycles. The summed E-state index contributed by atoms with van der Waals surface area (Å²) in [6.45, 7) is 1.87. The van der Waals surface area contributed by atoms with E-state index in [4.69, 9.17) is 11.6 Å². The van der Waals surface area contributed by atoms with Gasteiger partial charge in [0.2, 0.25) is 0 Å². The van der Waals surface area contributed by atoms with Gasteiger partial charge in [0.05, 0.1) is 21.9 Å². The van der Waals surface area contributed by atoms with E-state index in [1.807, 2.05) is 19.1 Å². The first-order chi connectivity index (χ1) is 9.03. The standard InChI is InChI=1S/C14H20ClNO2S/c1-2-10-19(17,18)13-7-4-3-6-12(13)16-14(11-15)8-5-9-14/h3-4,6-7,16H,2,5,8-11H2,1H3. The van der Waals surface area contributed by atoms with Crippen molar-refractivity contribution >= 4 is 27.1 Å². The zero-order chi connectivity index (χ0) is 13.9. The lowest BCUT2D eigenvalue weighted by molar-refractivity contribution is 0.310. The molecular formula is C14H20ClNO2S. The Morgan fingerprint density at radius 3 is 2.53 bits per heavy atom. The Balaban J connectivity index is 2.31. The molecule has 5 heteroatoms. The van der Waals surface area contributed by atoms with Gasteiger partial charge in [0.25, 0.3) is 0 Å². The number of nitrogens with one attached hydrogen (secondary N) is 1. The largest absolute Gasteiger partial charge is 0.377 e. The van der Waals surface area contributed by atoms with Gasteiger partial charge in [-0.3, -0.25) is 0 Å². The maximum absolute atomic E-state index is 12.3. The number of hydrogen-bond donors (Lipinski definition) is 1. The van der Waals surface area contributed by atoms with Gasteiger partial charge in [-0.15, -0.1) is 11.6 Å². The van der Waals surface area contributed by atoms with Crippen molar-refractivity contribution in [2.24, 2.45) is 0 Å². The SMILES string of the molecule is CCCS(=O)(=O)c1ccccc1NC1(CCl)CCC1. The molecule has 2 rings (SSSR count). The van der Waals surface area contributed by atoms with Gasteiger partial charge in [-0.1, -0.05) is 19.1 Å². The van der Waals surface area contributed by atoms with E-state index in [9.17, 15) is 8.42 Å². The zero-order valence-electron chi connectivity index (χ0n) is 11.2. The van der Waals surface area contributed by atoms with Crippen molar-refractivity contribution in [1.82, 2.24) is 0 Å². The average molecular weight is 302 g/mol. The van der Waals surface area contributed by atoms with Crippen LogP contribution >= 0.6 is 11.6 Å². The van der Waals surface area contributed by atoms with Crippen LogP contribution in [0.3, 0.4) is 0 Å². The Kier molecular flexibility index (Phi) is 4.41. The van der Waals surface area contributed by atoms with Gasteiger partial charge in [0.1, 0.15) is 0 Å². The molecule has 0 saturated heterocycles. The van der Waals surface area contributed by atoms with Gasteiger partial charge in [-0.2, -0.15) is 0 Å². The molecule has 106 valence electrons. The summed E-state index contributed by atoms with van der Waals surface area (Å²) in [4.78, 5) is 0.397. The Morgan fingerprint density at radius 1 is 1.32 bits per heavy atom. The number of sulfone groups is 1. The minimum Gasteiger partial charge on any atom is -0.377 e. The predicted octanol–water partition coefficient (Wildman–Crippen LogP) is 3.44. The van der Waals surface area contributed by atoms with E-state index in [-0.39, 0.29) is 11.3 Å². The first-order valence-corrected chi connectivity index (χ1v) is 8.88. The lowest BCUT2D eigenvalue weighted by Gasteiger charge is -2.42. The molecule has 0 bridgehead atoms. The fourth-order valence-corrected chi connectivity index (χ4v) is 4.23. The molecule has 1 aliphatic rings. The maximum atomic E-state index is 12.3.